The summed E-state index contributed by atoms with van der Waals surface area (Å²) in [7, 11) is 0. The Morgan fingerprint density at radius 2 is 2.11 bits per heavy atom. The van der Waals surface area contributed by atoms with Gasteiger partial charge in [-0.05, 0) is 42.2 Å². The van der Waals surface area contributed by atoms with Crippen LogP contribution in [0.15, 0.2) is 67.0 Å². The van der Waals surface area contributed by atoms with E-state index in [9.17, 15) is 9.18 Å². The van der Waals surface area contributed by atoms with Crippen LogP contribution in [0.1, 0.15) is 17.9 Å². The molecule has 1 aliphatic rings. The van der Waals surface area contributed by atoms with Crippen LogP contribution in [0.3, 0.4) is 0 Å². The van der Waals surface area contributed by atoms with Crippen LogP contribution in [0.2, 0.25) is 0 Å². The molecule has 2 atom stereocenters. The van der Waals surface area contributed by atoms with Crippen molar-refractivity contribution in [2.45, 2.75) is 18.9 Å². The molecule has 138 valence electrons. The summed E-state index contributed by atoms with van der Waals surface area (Å²) in [6.07, 6.45) is 4.27. The van der Waals surface area contributed by atoms with Gasteiger partial charge < -0.3 is 10.1 Å². The summed E-state index contributed by atoms with van der Waals surface area (Å²) in [5.74, 6) is 0.120. The second-order valence-electron chi connectivity index (χ2n) is 6.60. The lowest BCUT2D eigenvalue weighted by atomic mass is 10.1. The molecule has 1 aliphatic carbocycles. The average Bonchev–Trinajstić information content (AvgIpc) is 3.30. The summed E-state index contributed by atoms with van der Waals surface area (Å²) in [5, 5.41) is 7.03. The zero-order valence-corrected chi connectivity index (χ0v) is 14.7. The topological polar surface area (TPSA) is 56.1 Å². The molecular weight excluding hydrogens is 345 g/mol. The summed E-state index contributed by atoms with van der Waals surface area (Å²) in [5.41, 5.74) is 1.30. The van der Waals surface area contributed by atoms with Crippen molar-refractivity contribution in [3.63, 3.8) is 0 Å². The van der Waals surface area contributed by atoms with Gasteiger partial charge in [-0.3, -0.25) is 9.48 Å². The Morgan fingerprint density at radius 1 is 1.22 bits per heavy atom. The second kappa shape index (κ2) is 7.61. The van der Waals surface area contributed by atoms with E-state index in [-0.39, 0.29) is 23.6 Å². The van der Waals surface area contributed by atoms with Gasteiger partial charge in [0.1, 0.15) is 18.2 Å². The summed E-state index contributed by atoms with van der Waals surface area (Å²) in [4.78, 5) is 12.5. The van der Waals surface area contributed by atoms with Gasteiger partial charge in [0.15, 0.2) is 0 Å². The highest BCUT2D eigenvalue weighted by Gasteiger charge is 2.45. The number of rotatable bonds is 7. The SMILES string of the molecule is O=C(Nc1cccc(OCCn2cccn2)c1)C1CC1c1ccccc1F. The quantitative estimate of drug-likeness (QED) is 0.692. The molecule has 0 saturated heterocycles. The van der Waals surface area contributed by atoms with Gasteiger partial charge >= 0.3 is 0 Å². The molecule has 1 heterocycles. The van der Waals surface area contributed by atoms with Crippen LogP contribution in [-0.4, -0.2) is 22.3 Å². The summed E-state index contributed by atoms with van der Waals surface area (Å²) < 4.78 is 21.4. The summed E-state index contributed by atoms with van der Waals surface area (Å²) in [6, 6.07) is 15.8. The lowest BCUT2D eigenvalue weighted by Gasteiger charge is -2.09. The van der Waals surface area contributed by atoms with E-state index in [0.717, 1.165) is 0 Å². The first-order valence-corrected chi connectivity index (χ1v) is 8.96. The van der Waals surface area contributed by atoms with Crippen LogP contribution in [0.25, 0.3) is 0 Å². The van der Waals surface area contributed by atoms with Crippen molar-refractivity contribution in [2.24, 2.45) is 5.92 Å². The largest absolute Gasteiger partial charge is 0.492 e. The van der Waals surface area contributed by atoms with Crippen molar-refractivity contribution in [3.05, 3.63) is 78.4 Å². The summed E-state index contributed by atoms with van der Waals surface area (Å²) in [6.45, 7) is 1.13. The molecule has 0 radical (unpaired) electrons. The van der Waals surface area contributed by atoms with E-state index in [0.29, 0.717) is 36.6 Å². The maximum absolute atomic E-state index is 13.9. The highest BCUT2D eigenvalue weighted by molar-refractivity contribution is 5.95. The van der Waals surface area contributed by atoms with E-state index in [1.54, 1.807) is 35.1 Å². The van der Waals surface area contributed by atoms with Gasteiger partial charge in [-0.2, -0.15) is 5.10 Å². The van der Waals surface area contributed by atoms with E-state index >= 15 is 0 Å². The second-order valence-corrected chi connectivity index (χ2v) is 6.60. The molecule has 4 rings (SSSR count). The average molecular weight is 365 g/mol. The highest BCUT2D eigenvalue weighted by Crippen LogP contribution is 2.48. The number of carbonyl (C=O) groups is 1. The normalized spacial score (nSPS) is 18.1. The molecule has 2 aromatic carbocycles. The van der Waals surface area contributed by atoms with E-state index in [1.807, 2.05) is 30.5 Å². The number of carbonyl (C=O) groups excluding carboxylic acids is 1. The molecule has 0 aliphatic heterocycles. The van der Waals surface area contributed by atoms with Gasteiger partial charge in [-0.1, -0.05) is 24.3 Å². The lowest BCUT2D eigenvalue weighted by molar-refractivity contribution is -0.117. The first-order valence-electron chi connectivity index (χ1n) is 8.96. The first kappa shape index (κ1) is 17.3. The van der Waals surface area contributed by atoms with Crippen LogP contribution >= 0.6 is 0 Å². The van der Waals surface area contributed by atoms with Gasteiger partial charge in [-0.25, -0.2) is 4.39 Å². The van der Waals surface area contributed by atoms with Gasteiger partial charge in [0, 0.05) is 30.1 Å². The zero-order valence-electron chi connectivity index (χ0n) is 14.7. The van der Waals surface area contributed by atoms with Crippen LogP contribution in [0, 0.1) is 11.7 Å². The Kier molecular flexibility index (Phi) is 4.87. The third-order valence-corrected chi connectivity index (χ3v) is 4.68. The van der Waals surface area contributed by atoms with E-state index in [4.69, 9.17) is 4.74 Å². The van der Waals surface area contributed by atoms with Crippen LogP contribution in [-0.2, 0) is 11.3 Å². The molecule has 1 N–H and O–H groups in total. The van der Waals surface area contributed by atoms with Gasteiger partial charge in [-0.15, -0.1) is 0 Å². The molecule has 5 nitrogen and oxygen atoms in total. The maximum Gasteiger partial charge on any atom is 0.228 e. The van der Waals surface area contributed by atoms with Crippen LogP contribution in [0.5, 0.6) is 5.75 Å². The molecule has 1 fully saturated rings. The number of ether oxygens (including phenoxy) is 1. The predicted molar refractivity (Wildman–Crippen MR) is 100 cm³/mol. The number of hydrogen-bond donors (Lipinski definition) is 1. The van der Waals surface area contributed by atoms with Crippen molar-refractivity contribution in [1.29, 1.82) is 0 Å². The summed E-state index contributed by atoms with van der Waals surface area (Å²) >= 11 is 0. The van der Waals surface area contributed by atoms with Crippen molar-refractivity contribution < 1.29 is 13.9 Å². The zero-order chi connectivity index (χ0) is 18.6. The highest BCUT2D eigenvalue weighted by atomic mass is 19.1. The van der Waals surface area contributed by atoms with Gasteiger partial charge in [0.05, 0.1) is 6.54 Å². The standard InChI is InChI=1S/C21H20FN3O2/c22-20-8-2-1-7-17(20)18-14-19(18)21(26)24-15-5-3-6-16(13-15)27-12-11-25-10-4-9-23-25/h1-10,13,18-19H,11-12,14H2,(H,24,26). The molecule has 0 spiro atoms. The van der Waals surface area contributed by atoms with Gasteiger partial charge in [0.2, 0.25) is 5.91 Å². The molecule has 1 saturated carbocycles. The predicted octanol–water partition coefficient (Wildman–Crippen LogP) is 3.84. The number of hydrogen-bond acceptors (Lipinski definition) is 3. The number of amides is 1. The smallest absolute Gasteiger partial charge is 0.228 e. The van der Waals surface area contributed by atoms with Crippen LogP contribution < -0.4 is 10.1 Å². The molecule has 27 heavy (non-hydrogen) atoms. The molecule has 1 aromatic heterocycles. The molecule has 2 unspecified atom stereocenters. The number of nitrogens with one attached hydrogen (secondary N) is 1. The Labute approximate surface area is 156 Å². The lowest BCUT2D eigenvalue weighted by Crippen LogP contribution is -2.15. The maximum atomic E-state index is 13.9. The van der Waals surface area contributed by atoms with Crippen molar-refractivity contribution >= 4 is 11.6 Å². The first-order chi connectivity index (χ1) is 13.2. The number of nitrogens with zero attached hydrogens (tertiary/aromatic N) is 2. The number of benzene rings is 2. The molecule has 0 bridgehead atoms. The number of anilines is 1. The minimum Gasteiger partial charge on any atom is -0.492 e. The molecular formula is C21H20FN3O2. The van der Waals surface area contributed by atoms with E-state index in [2.05, 4.69) is 10.4 Å². The van der Waals surface area contributed by atoms with Crippen molar-refractivity contribution in [3.8, 4) is 5.75 Å². The van der Waals surface area contributed by atoms with E-state index in [1.165, 1.54) is 6.07 Å². The Morgan fingerprint density at radius 3 is 2.93 bits per heavy atom. The third-order valence-electron chi connectivity index (χ3n) is 4.68. The number of aromatic nitrogens is 2. The molecule has 6 heteroatoms. The minimum absolute atomic E-state index is 0.0419. The van der Waals surface area contributed by atoms with Crippen molar-refractivity contribution in [2.75, 3.05) is 11.9 Å². The number of halogens is 1. The fourth-order valence-electron chi connectivity index (χ4n) is 3.19. The minimum atomic E-state index is -0.245. The Bertz CT molecular complexity index is 927. The fourth-order valence-corrected chi connectivity index (χ4v) is 3.19. The fraction of sp³-hybridized carbons (Fsp3) is 0.238. The third kappa shape index (κ3) is 4.16. The monoisotopic (exact) mass is 365 g/mol. The van der Waals surface area contributed by atoms with Gasteiger partial charge in [0.25, 0.3) is 0 Å². The molecule has 1 amide bonds. The van der Waals surface area contributed by atoms with Crippen molar-refractivity contribution in [1.82, 2.24) is 9.78 Å². The van der Waals surface area contributed by atoms with E-state index < -0.39 is 0 Å². The Balaban J connectivity index is 1.32. The Hall–Kier alpha value is -3.15. The molecule has 3 aromatic rings. The van der Waals surface area contributed by atoms with Crippen LogP contribution in [0.4, 0.5) is 10.1 Å².